The summed E-state index contributed by atoms with van der Waals surface area (Å²) in [7, 11) is -3.40. The van der Waals surface area contributed by atoms with Gasteiger partial charge in [0.05, 0.1) is 26.6 Å². The Morgan fingerprint density at radius 2 is 1.97 bits per heavy atom. The summed E-state index contributed by atoms with van der Waals surface area (Å²) >= 11 is 7.51. The number of aromatic nitrogens is 2. The van der Waals surface area contributed by atoms with E-state index in [1.54, 1.807) is 31.4 Å². The second kappa shape index (κ2) is 11.1. The van der Waals surface area contributed by atoms with Gasteiger partial charge in [0.15, 0.2) is 0 Å². The maximum Gasteiger partial charge on any atom is 0.274 e. The van der Waals surface area contributed by atoms with Gasteiger partial charge in [-0.25, -0.2) is 18.4 Å². The molecule has 0 radical (unpaired) electrons. The highest BCUT2D eigenvalue weighted by Gasteiger charge is 2.27. The van der Waals surface area contributed by atoms with Gasteiger partial charge in [-0.1, -0.05) is 35.1 Å². The van der Waals surface area contributed by atoms with Crippen LogP contribution in [0.2, 0.25) is 5.02 Å². The molecule has 11 heteroatoms. The van der Waals surface area contributed by atoms with Crippen LogP contribution in [0.15, 0.2) is 42.6 Å². The number of benzene rings is 1. The van der Waals surface area contributed by atoms with Crippen LogP contribution in [0.5, 0.6) is 5.19 Å². The normalized spacial score (nSPS) is 18.1. The van der Waals surface area contributed by atoms with Crippen LogP contribution >= 0.6 is 22.9 Å². The maximum atomic E-state index is 12.7. The largest absolute Gasteiger partial charge is 0.467 e. The molecule has 2 aliphatic rings. The average molecular weight is 577 g/mol. The third-order valence-electron chi connectivity index (χ3n) is 7.02. The number of hydrogen-bond donors (Lipinski definition) is 1. The van der Waals surface area contributed by atoms with Crippen LogP contribution in [0.3, 0.4) is 0 Å². The number of aliphatic hydroxyl groups is 1. The SMILES string of the molecule is CC(C)(O)CCS(=O)(=O)N1CC=C(c2ccc3nc(OC4CCN(c5ccc(Cl)cn5)CC4)sc3c2)CC1. The average Bonchev–Trinajstić information content (AvgIpc) is 3.30. The van der Waals surface area contributed by atoms with E-state index in [1.165, 1.54) is 4.31 Å². The van der Waals surface area contributed by atoms with Crippen LogP contribution in [0.25, 0.3) is 15.8 Å². The van der Waals surface area contributed by atoms with Crippen molar-refractivity contribution in [3.05, 3.63) is 53.2 Å². The van der Waals surface area contributed by atoms with E-state index in [2.05, 4.69) is 16.0 Å². The summed E-state index contributed by atoms with van der Waals surface area (Å²) in [6.07, 6.45) is 6.44. The van der Waals surface area contributed by atoms with Crippen molar-refractivity contribution in [3.8, 4) is 5.19 Å². The standard InChI is InChI=1S/C27H33ClN4O4S2/c1-27(2,33)11-16-38(34,35)32-14-7-19(8-15-32)20-3-5-23-24(17-20)37-26(30-23)36-22-9-12-31(13-10-22)25-6-4-21(28)18-29-25/h3-7,17-18,22,33H,8-16H2,1-2H3. The minimum atomic E-state index is -3.40. The Bertz CT molecular complexity index is 1410. The molecular formula is C27H33ClN4O4S2. The van der Waals surface area contributed by atoms with E-state index < -0.39 is 15.6 Å². The molecule has 4 heterocycles. The summed E-state index contributed by atoms with van der Waals surface area (Å²) in [4.78, 5) is 11.4. The van der Waals surface area contributed by atoms with Gasteiger partial charge in [0.2, 0.25) is 10.0 Å². The first-order valence-electron chi connectivity index (χ1n) is 12.9. The second-order valence-electron chi connectivity index (χ2n) is 10.5. The van der Waals surface area contributed by atoms with Crippen molar-refractivity contribution in [1.29, 1.82) is 0 Å². The van der Waals surface area contributed by atoms with Gasteiger partial charge in [0.25, 0.3) is 5.19 Å². The number of halogens is 1. The molecule has 8 nitrogen and oxygen atoms in total. The van der Waals surface area contributed by atoms with Crippen LogP contribution < -0.4 is 9.64 Å². The van der Waals surface area contributed by atoms with Crippen LogP contribution in [0, 0.1) is 0 Å². The number of ether oxygens (including phenoxy) is 1. The van der Waals surface area contributed by atoms with E-state index in [9.17, 15) is 13.5 Å². The van der Waals surface area contributed by atoms with Gasteiger partial charge in [0.1, 0.15) is 11.9 Å². The number of pyridine rings is 1. The molecule has 1 aromatic carbocycles. The highest BCUT2D eigenvalue weighted by molar-refractivity contribution is 7.89. The van der Waals surface area contributed by atoms with Gasteiger partial charge in [0, 0.05) is 45.2 Å². The minimum Gasteiger partial charge on any atom is -0.467 e. The van der Waals surface area contributed by atoms with E-state index in [0.29, 0.717) is 29.7 Å². The third kappa shape index (κ3) is 6.66. The fourth-order valence-corrected chi connectivity index (χ4v) is 7.45. The van der Waals surface area contributed by atoms with Crippen molar-refractivity contribution in [2.24, 2.45) is 0 Å². The molecule has 0 spiro atoms. The lowest BCUT2D eigenvalue weighted by molar-refractivity contribution is 0.0769. The molecule has 5 rings (SSSR count). The quantitative estimate of drug-likeness (QED) is 0.404. The molecule has 204 valence electrons. The zero-order valence-corrected chi connectivity index (χ0v) is 24.0. The predicted molar refractivity (Wildman–Crippen MR) is 154 cm³/mol. The molecule has 0 saturated carbocycles. The molecule has 1 N–H and O–H groups in total. The number of rotatable bonds is 8. The Balaban J connectivity index is 1.19. The second-order valence-corrected chi connectivity index (χ2v) is 14.0. The smallest absolute Gasteiger partial charge is 0.274 e. The first-order chi connectivity index (χ1) is 18.1. The molecule has 0 aliphatic carbocycles. The molecule has 3 aromatic rings. The lowest BCUT2D eigenvalue weighted by Crippen LogP contribution is -2.38. The molecular weight excluding hydrogens is 544 g/mol. The minimum absolute atomic E-state index is 0.0493. The Morgan fingerprint density at radius 3 is 2.63 bits per heavy atom. The predicted octanol–water partition coefficient (Wildman–Crippen LogP) is 4.97. The first kappa shape index (κ1) is 27.3. The summed E-state index contributed by atoms with van der Waals surface area (Å²) < 4.78 is 34.2. The molecule has 0 amide bonds. The zero-order chi connectivity index (χ0) is 26.9. The molecule has 1 fully saturated rings. The number of nitrogens with zero attached hydrogens (tertiary/aromatic N) is 4. The van der Waals surface area contributed by atoms with Crippen LogP contribution in [-0.4, -0.2) is 71.4 Å². The van der Waals surface area contributed by atoms with Gasteiger partial charge in [-0.2, -0.15) is 4.31 Å². The Labute approximate surface area is 233 Å². The summed E-state index contributed by atoms with van der Waals surface area (Å²) in [5, 5.41) is 11.2. The van der Waals surface area contributed by atoms with Crippen molar-refractivity contribution in [2.75, 3.05) is 36.8 Å². The van der Waals surface area contributed by atoms with Crippen LogP contribution in [0.1, 0.15) is 45.1 Å². The molecule has 2 aliphatic heterocycles. The summed E-state index contributed by atoms with van der Waals surface area (Å²) in [6.45, 7) is 5.79. The highest BCUT2D eigenvalue weighted by Crippen LogP contribution is 2.34. The van der Waals surface area contributed by atoms with Crippen molar-refractivity contribution in [1.82, 2.24) is 14.3 Å². The fraction of sp³-hybridized carbons (Fsp3) is 0.481. The fourth-order valence-electron chi connectivity index (χ4n) is 4.73. The van der Waals surface area contributed by atoms with E-state index in [-0.39, 0.29) is 18.3 Å². The highest BCUT2D eigenvalue weighted by atomic mass is 35.5. The molecule has 1 saturated heterocycles. The van der Waals surface area contributed by atoms with E-state index >= 15 is 0 Å². The number of anilines is 1. The van der Waals surface area contributed by atoms with Gasteiger partial charge in [-0.05, 0) is 62.1 Å². The van der Waals surface area contributed by atoms with Gasteiger partial charge >= 0.3 is 0 Å². The third-order valence-corrected chi connectivity index (χ3v) is 9.99. The number of piperidine rings is 1. The molecule has 38 heavy (non-hydrogen) atoms. The molecule has 0 atom stereocenters. The summed E-state index contributed by atoms with van der Waals surface area (Å²) in [5.74, 6) is 0.888. The lowest BCUT2D eigenvalue weighted by Gasteiger charge is -2.32. The first-order valence-corrected chi connectivity index (χ1v) is 15.7. The van der Waals surface area contributed by atoms with Gasteiger partial charge in [-0.15, -0.1) is 0 Å². The number of hydrogen-bond acceptors (Lipinski definition) is 8. The van der Waals surface area contributed by atoms with Crippen molar-refractivity contribution in [3.63, 3.8) is 0 Å². The van der Waals surface area contributed by atoms with Gasteiger partial charge in [-0.3, -0.25) is 0 Å². The van der Waals surface area contributed by atoms with E-state index in [0.717, 1.165) is 53.1 Å². The van der Waals surface area contributed by atoms with Crippen molar-refractivity contribution < 1.29 is 18.3 Å². The van der Waals surface area contributed by atoms with E-state index in [4.69, 9.17) is 21.3 Å². The number of fused-ring (bicyclic) bond motifs is 1. The summed E-state index contributed by atoms with van der Waals surface area (Å²) in [5.41, 5.74) is 2.14. The maximum absolute atomic E-state index is 12.7. The number of sulfonamides is 1. The van der Waals surface area contributed by atoms with Crippen molar-refractivity contribution >= 4 is 54.6 Å². The molecule has 2 aromatic heterocycles. The molecule has 0 bridgehead atoms. The zero-order valence-electron chi connectivity index (χ0n) is 21.6. The topological polar surface area (TPSA) is 95.9 Å². The van der Waals surface area contributed by atoms with Crippen LogP contribution in [-0.2, 0) is 10.0 Å². The van der Waals surface area contributed by atoms with E-state index in [1.807, 2.05) is 30.3 Å². The van der Waals surface area contributed by atoms with Gasteiger partial charge < -0.3 is 14.7 Å². The Kier molecular flexibility index (Phi) is 7.98. The number of thiazole rings is 1. The lowest BCUT2D eigenvalue weighted by atomic mass is 10.0. The Morgan fingerprint density at radius 1 is 1.18 bits per heavy atom. The monoisotopic (exact) mass is 576 g/mol. The summed E-state index contributed by atoms with van der Waals surface area (Å²) in [6, 6.07) is 10.00. The Hall–Kier alpha value is -2.24. The molecule has 0 unspecified atom stereocenters. The van der Waals surface area contributed by atoms with Crippen LogP contribution in [0.4, 0.5) is 5.82 Å². The van der Waals surface area contributed by atoms with Crippen molar-refractivity contribution in [2.45, 2.75) is 51.2 Å².